The molecule has 0 N–H and O–H groups in total. The highest BCUT2D eigenvalue weighted by Gasteiger charge is 2.23. The van der Waals surface area contributed by atoms with Crippen LogP contribution < -0.4 is 0 Å². The Balaban J connectivity index is 1.66. The van der Waals surface area contributed by atoms with Gasteiger partial charge < -0.3 is 0 Å². The summed E-state index contributed by atoms with van der Waals surface area (Å²) in [6.45, 7) is 5.32. The highest BCUT2D eigenvalue weighted by atomic mass is 32.1. The number of hydrogen-bond acceptors (Lipinski definition) is 4. The van der Waals surface area contributed by atoms with Crippen molar-refractivity contribution in [3.63, 3.8) is 0 Å². The molecule has 0 saturated carbocycles. The molecular formula is C14H20N4S. The minimum atomic E-state index is 0.607. The molecule has 1 aliphatic heterocycles. The largest absolute Gasteiger partial charge is 0.293 e. The summed E-state index contributed by atoms with van der Waals surface area (Å²) >= 11 is 1.82. The molecule has 0 spiro atoms. The summed E-state index contributed by atoms with van der Waals surface area (Å²) in [7, 11) is 0. The molecule has 1 fully saturated rings. The second kappa shape index (κ2) is 5.84. The lowest BCUT2D eigenvalue weighted by molar-refractivity contribution is 0.123. The van der Waals surface area contributed by atoms with Gasteiger partial charge in [-0.25, -0.2) is 4.98 Å². The van der Waals surface area contributed by atoms with Gasteiger partial charge in [-0.3, -0.25) is 9.58 Å². The minimum absolute atomic E-state index is 0.607. The van der Waals surface area contributed by atoms with E-state index in [2.05, 4.69) is 32.8 Å². The molecule has 2 aromatic heterocycles. The summed E-state index contributed by atoms with van der Waals surface area (Å²) in [5.74, 6) is 0. The standard InChI is InChI=1S/C14H20N4S/c1-12-15-9-14(19-12)11-17-7-3-2-5-13(17)10-18-8-4-6-16-18/h4,6,8-9,13H,2-3,5,7,10-11H2,1H3/t13-/m1/s1. The quantitative estimate of drug-likeness (QED) is 0.861. The van der Waals surface area contributed by atoms with E-state index in [1.165, 1.54) is 30.7 Å². The van der Waals surface area contributed by atoms with Crippen LogP contribution in [0, 0.1) is 6.92 Å². The molecule has 5 heteroatoms. The van der Waals surface area contributed by atoms with Gasteiger partial charge in [0.2, 0.25) is 0 Å². The Hall–Kier alpha value is -1.20. The van der Waals surface area contributed by atoms with Gasteiger partial charge in [0, 0.05) is 36.1 Å². The number of aryl methyl sites for hydroxylation is 1. The lowest BCUT2D eigenvalue weighted by atomic mass is 10.0. The average Bonchev–Trinajstić information content (AvgIpc) is 3.04. The number of hydrogen-bond donors (Lipinski definition) is 0. The van der Waals surface area contributed by atoms with Crippen LogP contribution in [0.1, 0.15) is 29.1 Å². The van der Waals surface area contributed by atoms with Crippen LogP contribution >= 0.6 is 11.3 Å². The fourth-order valence-electron chi connectivity index (χ4n) is 2.78. The van der Waals surface area contributed by atoms with Crippen LogP contribution in [0.15, 0.2) is 24.7 Å². The van der Waals surface area contributed by atoms with Crippen molar-refractivity contribution in [2.45, 2.75) is 45.3 Å². The van der Waals surface area contributed by atoms with Crippen LogP contribution in [-0.4, -0.2) is 32.3 Å². The molecule has 4 nitrogen and oxygen atoms in total. The van der Waals surface area contributed by atoms with Crippen molar-refractivity contribution >= 4 is 11.3 Å². The molecule has 102 valence electrons. The van der Waals surface area contributed by atoms with Gasteiger partial charge in [-0.2, -0.15) is 5.10 Å². The molecule has 1 atom stereocenters. The van der Waals surface area contributed by atoms with Gasteiger partial charge >= 0.3 is 0 Å². The molecule has 19 heavy (non-hydrogen) atoms. The van der Waals surface area contributed by atoms with E-state index in [4.69, 9.17) is 0 Å². The summed E-state index contributed by atoms with van der Waals surface area (Å²) < 4.78 is 2.06. The van der Waals surface area contributed by atoms with Crippen molar-refractivity contribution in [1.29, 1.82) is 0 Å². The molecule has 1 aliphatic rings. The van der Waals surface area contributed by atoms with E-state index < -0.39 is 0 Å². The first kappa shape index (κ1) is 12.8. The topological polar surface area (TPSA) is 34.0 Å². The third-order valence-electron chi connectivity index (χ3n) is 3.73. The number of rotatable bonds is 4. The number of nitrogens with zero attached hydrogens (tertiary/aromatic N) is 4. The van der Waals surface area contributed by atoms with Gasteiger partial charge in [0.1, 0.15) is 0 Å². The van der Waals surface area contributed by atoms with Crippen molar-refractivity contribution < 1.29 is 0 Å². The van der Waals surface area contributed by atoms with Gasteiger partial charge in [-0.05, 0) is 32.4 Å². The fraction of sp³-hybridized carbons (Fsp3) is 0.571. The normalized spacial score (nSPS) is 20.8. The zero-order chi connectivity index (χ0) is 13.1. The van der Waals surface area contributed by atoms with E-state index in [9.17, 15) is 0 Å². The smallest absolute Gasteiger partial charge is 0.0897 e. The number of piperidine rings is 1. The first-order chi connectivity index (χ1) is 9.31. The fourth-order valence-corrected chi connectivity index (χ4v) is 3.60. The average molecular weight is 276 g/mol. The summed E-state index contributed by atoms with van der Waals surface area (Å²) in [5, 5.41) is 5.50. The Morgan fingerprint density at radius 1 is 1.42 bits per heavy atom. The third-order valence-corrected chi connectivity index (χ3v) is 4.63. The van der Waals surface area contributed by atoms with Crippen LogP contribution in [0.5, 0.6) is 0 Å². The zero-order valence-corrected chi connectivity index (χ0v) is 12.1. The molecule has 0 aliphatic carbocycles. The predicted octanol–water partition coefficient (Wildman–Crippen LogP) is 2.70. The maximum atomic E-state index is 4.36. The first-order valence-electron chi connectivity index (χ1n) is 6.94. The maximum Gasteiger partial charge on any atom is 0.0897 e. The SMILES string of the molecule is Cc1ncc(CN2CCCC[C@@H]2Cn2cccn2)s1. The number of aromatic nitrogens is 3. The predicted molar refractivity (Wildman–Crippen MR) is 77.1 cm³/mol. The monoisotopic (exact) mass is 276 g/mol. The highest BCUT2D eigenvalue weighted by Crippen LogP contribution is 2.23. The van der Waals surface area contributed by atoms with Crippen LogP contribution in [0.25, 0.3) is 0 Å². The van der Waals surface area contributed by atoms with Crippen molar-refractivity contribution in [1.82, 2.24) is 19.7 Å². The van der Waals surface area contributed by atoms with Gasteiger partial charge in [0.25, 0.3) is 0 Å². The number of thiazole rings is 1. The molecule has 0 amide bonds. The van der Waals surface area contributed by atoms with E-state index in [1.807, 2.05) is 29.8 Å². The summed E-state index contributed by atoms with van der Waals surface area (Å²) in [6, 6.07) is 2.61. The summed E-state index contributed by atoms with van der Waals surface area (Å²) in [6.07, 6.45) is 9.87. The van der Waals surface area contributed by atoms with E-state index >= 15 is 0 Å². The van der Waals surface area contributed by atoms with Crippen LogP contribution in [-0.2, 0) is 13.1 Å². The second-order valence-electron chi connectivity index (χ2n) is 5.19. The molecule has 1 saturated heterocycles. The van der Waals surface area contributed by atoms with Gasteiger partial charge in [0.05, 0.1) is 11.6 Å². The first-order valence-corrected chi connectivity index (χ1v) is 7.76. The van der Waals surface area contributed by atoms with Gasteiger partial charge in [-0.1, -0.05) is 6.42 Å². The van der Waals surface area contributed by atoms with Crippen LogP contribution in [0.3, 0.4) is 0 Å². The van der Waals surface area contributed by atoms with E-state index in [0.717, 1.165) is 18.1 Å². The molecule has 3 rings (SSSR count). The van der Waals surface area contributed by atoms with Crippen molar-refractivity contribution in [2.75, 3.05) is 6.54 Å². The van der Waals surface area contributed by atoms with Crippen molar-refractivity contribution in [3.8, 4) is 0 Å². The Kier molecular flexibility index (Phi) is 3.94. The highest BCUT2D eigenvalue weighted by molar-refractivity contribution is 7.11. The Bertz CT molecular complexity index is 505. The Morgan fingerprint density at radius 2 is 2.37 bits per heavy atom. The number of likely N-dealkylation sites (tertiary alicyclic amines) is 1. The van der Waals surface area contributed by atoms with Gasteiger partial charge in [-0.15, -0.1) is 11.3 Å². The molecule has 0 bridgehead atoms. The Morgan fingerprint density at radius 3 is 3.11 bits per heavy atom. The van der Waals surface area contributed by atoms with Crippen molar-refractivity contribution in [2.24, 2.45) is 0 Å². The van der Waals surface area contributed by atoms with E-state index in [0.29, 0.717) is 6.04 Å². The molecule has 3 heterocycles. The second-order valence-corrected chi connectivity index (χ2v) is 6.51. The zero-order valence-electron chi connectivity index (χ0n) is 11.3. The molecule has 0 radical (unpaired) electrons. The third kappa shape index (κ3) is 3.22. The minimum Gasteiger partial charge on any atom is -0.293 e. The maximum absolute atomic E-state index is 4.36. The molecule has 0 unspecified atom stereocenters. The van der Waals surface area contributed by atoms with Gasteiger partial charge in [0.15, 0.2) is 0 Å². The lowest BCUT2D eigenvalue weighted by Crippen LogP contribution is -2.41. The van der Waals surface area contributed by atoms with E-state index in [1.54, 1.807) is 0 Å². The van der Waals surface area contributed by atoms with Crippen molar-refractivity contribution in [3.05, 3.63) is 34.5 Å². The van der Waals surface area contributed by atoms with Crippen LogP contribution in [0.2, 0.25) is 0 Å². The summed E-state index contributed by atoms with van der Waals surface area (Å²) in [4.78, 5) is 8.33. The molecule has 2 aromatic rings. The molecule has 0 aromatic carbocycles. The lowest BCUT2D eigenvalue weighted by Gasteiger charge is -2.35. The Labute approximate surface area is 118 Å². The van der Waals surface area contributed by atoms with Crippen LogP contribution in [0.4, 0.5) is 0 Å². The molecular weight excluding hydrogens is 256 g/mol. The summed E-state index contributed by atoms with van der Waals surface area (Å²) in [5.41, 5.74) is 0. The van der Waals surface area contributed by atoms with E-state index in [-0.39, 0.29) is 0 Å².